The van der Waals surface area contributed by atoms with Crippen LogP contribution in [0.3, 0.4) is 0 Å². The van der Waals surface area contributed by atoms with Crippen molar-refractivity contribution in [1.29, 1.82) is 0 Å². The Morgan fingerprint density at radius 2 is 2.35 bits per heavy atom. The minimum Gasteiger partial charge on any atom is -0.376 e. The number of nitrogens with one attached hydrogen (secondary N) is 2. The molecule has 2 amide bonds. The van der Waals surface area contributed by atoms with Gasteiger partial charge in [-0.2, -0.15) is 0 Å². The number of hydrogen-bond acceptors (Lipinski definition) is 5. The lowest BCUT2D eigenvalue weighted by molar-refractivity contribution is -0.137. The first-order chi connectivity index (χ1) is 9.61. The van der Waals surface area contributed by atoms with Gasteiger partial charge in [-0.15, -0.1) is 11.3 Å². The molecule has 6 nitrogen and oxygen atoms in total. The van der Waals surface area contributed by atoms with Crippen LogP contribution in [-0.4, -0.2) is 35.6 Å². The van der Waals surface area contributed by atoms with E-state index in [1.165, 1.54) is 11.3 Å². The van der Waals surface area contributed by atoms with E-state index in [2.05, 4.69) is 15.6 Å². The van der Waals surface area contributed by atoms with Crippen molar-refractivity contribution in [2.24, 2.45) is 0 Å². The first kappa shape index (κ1) is 14.9. The van der Waals surface area contributed by atoms with Crippen LogP contribution in [0.25, 0.3) is 0 Å². The van der Waals surface area contributed by atoms with Crippen LogP contribution < -0.4 is 10.6 Å². The van der Waals surface area contributed by atoms with Gasteiger partial charge in [0.2, 0.25) is 0 Å². The van der Waals surface area contributed by atoms with E-state index < -0.39 is 11.8 Å². The zero-order valence-corrected chi connectivity index (χ0v) is 12.5. The second-order valence-corrected chi connectivity index (χ2v) is 5.60. The van der Waals surface area contributed by atoms with Gasteiger partial charge in [0.15, 0.2) is 0 Å². The molecule has 0 spiro atoms. The molecule has 0 unspecified atom stereocenters. The molecule has 2 atom stereocenters. The van der Waals surface area contributed by atoms with Gasteiger partial charge in [-0.05, 0) is 26.2 Å². The lowest BCUT2D eigenvalue weighted by Crippen LogP contribution is -2.45. The van der Waals surface area contributed by atoms with Crippen LogP contribution >= 0.6 is 11.3 Å². The van der Waals surface area contributed by atoms with Crippen molar-refractivity contribution >= 4 is 28.2 Å². The maximum Gasteiger partial charge on any atom is 0.314 e. The number of carbonyl (C=O) groups excluding carboxylic acids is 2. The molecule has 7 heteroatoms. The molecule has 0 aliphatic carbocycles. The number of aryl methyl sites for hydroxylation is 1. The quantitative estimate of drug-likeness (QED) is 0.822. The standard InChI is InChI=1S/C13H19N3O3S/c1-3-9-13(20-7-14-9)16-12(18)11(17)15-8(2)10-5-4-6-19-10/h7-8,10H,3-6H2,1-2H3,(H,15,17)(H,16,18)/t8-,10-/m0/s1. The summed E-state index contributed by atoms with van der Waals surface area (Å²) >= 11 is 1.32. The average Bonchev–Trinajstić information content (AvgIpc) is 3.09. The molecule has 0 bridgehead atoms. The fraction of sp³-hybridized carbons (Fsp3) is 0.615. The topological polar surface area (TPSA) is 80.3 Å². The van der Waals surface area contributed by atoms with Gasteiger partial charge < -0.3 is 15.4 Å². The van der Waals surface area contributed by atoms with Crippen molar-refractivity contribution in [3.63, 3.8) is 0 Å². The largest absolute Gasteiger partial charge is 0.376 e. The van der Waals surface area contributed by atoms with Crippen LogP contribution in [0.2, 0.25) is 0 Å². The van der Waals surface area contributed by atoms with Crippen molar-refractivity contribution in [2.45, 2.75) is 45.3 Å². The van der Waals surface area contributed by atoms with E-state index in [1.807, 2.05) is 13.8 Å². The van der Waals surface area contributed by atoms with Gasteiger partial charge in [-0.3, -0.25) is 9.59 Å². The maximum absolute atomic E-state index is 11.8. The number of hydrogen-bond donors (Lipinski definition) is 2. The highest BCUT2D eigenvalue weighted by atomic mass is 32.1. The van der Waals surface area contributed by atoms with Gasteiger partial charge in [0, 0.05) is 6.61 Å². The Labute approximate surface area is 121 Å². The second-order valence-electron chi connectivity index (χ2n) is 4.75. The molecule has 0 radical (unpaired) electrons. The molecule has 2 heterocycles. The predicted octanol–water partition coefficient (Wildman–Crippen LogP) is 1.33. The molecule has 1 aliphatic rings. The zero-order chi connectivity index (χ0) is 14.5. The lowest BCUT2D eigenvalue weighted by Gasteiger charge is -2.19. The molecule has 1 aliphatic heterocycles. The first-order valence-corrected chi connectivity index (χ1v) is 7.65. The highest BCUT2D eigenvalue weighted by Crippen LogP contribution is 2.20. The Morgan fingerprint density at radius 1 is 1.55 bits per heavy atom. The Bertz CT molecular complexity index is 483. The molecule has 2 rings (SSSR count). The number of amides is 2. The second kappa shape index (κ2) is 6.81. The highest BCUT2D eigenvalue weighted by molar-refractivity contribution is 7.14. The van der Waals surface area contributed by atoms with Crippen LogP contribution in [0.15, 0.2) is 5.51 Å². The van der Waals surface area contributed by atoms with Gasteiger partial charge in [0.1, 0.15) is 5.00 Å². The summed E-state index contributed by atoms with van der Waals surface area (Å²) in [4.78, 5) is 27.8. The molecule has 1 aromatic rings. The molecule has 1 aromatic heterocycles. The van der Waals surface area contributed by atoms with E-state index in [0.717, 1.165) is 25.1 Å². The van der Waals surface area contributed by atoms with Gasteiger partial charge in [0.05, 0.1) is 23.4 Å². The third kappa shape index (κ3) is 3.55. The molecular weight excluding hydrogens is 278 g/mol. The fourth-order valence-electron chi connectivity index (χ4n) is 2.14. The normalized spacial score (nSPS) is 19.6. The fourth-order valence-corrected chi connectivity index (χ4v) is 2.91. The Hall–Kier alpha value is -1.47. The first-order valence-electron chi connectivity index (χ1n) is 6.77. The smallest absolute Gasteiger partial charge is 0.314 e. The number of aromatic nitrogens is 1. The van der Waals surface area contributed by atoms with Crippen LogP contribution in [0.5, 0.6) is 0 Å². The van der Waals surface area contributed by atoms with E-state index >= 15 is 0 Å². The summed E-state index contributed by atoms with van der Waals surface area (Å²) in [6, 6.07) is -0.164. The van der Waals surface area contributed by atoms with Crippen LogP contribution in [0, 0.1) is 0 Å². The summed E-state index contributed by atoms with van der Waals surface area (Å²) in [6.07, 6.45) is 2.63. The average molecular weight is 297 g/mol. The predicted molar refractivity (Wildman–Crippen MR) is 76.7 cm³/mol. The van der Waals surface area contributed by atoms with Crippen molar-refractivity contribution in [3.05, 3.63) is 11.2 Å². The van der Waals surface area contributed by atoms with Crippen molar-refractivity contribution in [2.75, 3.05) is 11.9 Å². The molecule has 1 saturated heterocycles. The molecule has 0 saturated carbocycles. The summed E-state index contributed by atoms with van der Waals surface area (Å²) in [5.41, 5.74) is 2.45. The van der Waals surface area contributed by atoms with E-state index in [0.29, 0.717) is 11.4 Å². The van der Waals surface area contributed by atoms with Gasteiger partial charge in [-0.1, -0.05) is 6.92 Å². The number of ether oxygens (including phenoxy) is 1. The van der Waals surface area contributed by atoms with Crippen LogP contribution in [-0.2, 0) is 20.7 Å². The molecule has 2 N–H and O–H groups in total. The maximum atomic E-state index is 11.8. The summed E-state index contributed by atoms with van der Waals surface area (Å²) in [5.74, 6) is -1.29. The summed E-state index contributed by atoms with van der Waals surface area (Å²) < 4.78 is 5.48. The molecule has 110 valence electrons. The summed E-state index contributed by atoms with van der Waals surface area (Å²) in [7, 11) is 0. The van der Waals surface area contributed by atoms with E-state index in [-0.39, 0.29) is 12.1 Å². The molecule has 0 aromatic carbocycles. The third-order valence-corrected chi connectivity index (χ3v) is 4.07. The van der Waals surface area contributed by atoms with Crippen LogP contribution in [0.4, 0.5) is 5.00 Å². The number of carbonyl (C=O) groups is 2. The molecular formula is C13H19N3O3S. The van der Waals surface area contributed by atoms with Gasteiger partial charge in [-0.25, -0.2) is 4.98 Å². The Morgan fingerprint density at radius 3 is 3.00 bits per heavy atom. The Balaban J connectivity index is 1.87. The Kier molecular flexibility index (Phi) is 5.08. The summed E-state index contributed by atoms with van der Waals surface area (Å²) in [5, 5.41) is 5.92. The SMILES string of the molecule is CCc1ncsc1NC(=O)C(=O)N[C@@H](C)[C@@H]1CCCO1. The molecule has 20 heavy (non-hydrogen) atoms. The van der Waals surface area contributed by atoms with E-state index in [9.17, 15) is 9.59 Å². The number of anilines is 1. The number of nitrogens with zero attached hydrogens (tertiary/aromatic N) is 1. The van der Waals surface area contributed by atoms with Crippen molar-refractivity contribution in [1.82, 2.24) is 10.3 Å². The lowest BCUT2D eigenvalue weighted by atomic mass is 10.1. The molecule has 1 fully saturated rings. The zero-order valence-electron chi connectivity index (χ0n) is 11.6. The third-order valence-electron chi connectivity index (χ3n) is 3.29. The van der Waals surface area contributed by atoms with Crippen molar-refractivity contribution < 1.29 is 14.3 Å². The minimum atomic E-state index is -0.659. The van der Waals surface area contributed by atoms with Crippen molar-refractivity contribution in [3.8, 4) is 0 Å². The van der Waals surface area contributed by atoms with E-state index in [4.69, 9.17) is 4.74 Å². The minimum absolute atomic E-state index is 0.00126. The van der Waals surface area contributed by atoms with Gasteiger partial charge in [0.25, 0.3) is 0 Å². The summed E-state index contributed by atoms with van der Waals surface area (Å²) in [6.45, 7) is 4.52. The highest BCUT2D eigenvalue weighted by Gasteiger charge is 2.26. The monoisotopic (exact) mass is 297 g/mol. The van der Waals surface area contributed by atoms with E-state index in [1.54, 1.807) is 5.51 Å². The number of thiazole rings is 1. The van der Waals surface area contributed by atoms with Gasteiger partial charge >= 0.3 is 11.8 Å². The van der Waals surface area contributed by atoms with Crippen LogP contribution in [0.1, 0.15) is 32.4 Å². The number of rotatable bonds is 4.